The molecule has 0 aromatic carbocycles. The van der Waals surface area contributed by atoms with E-state index in [0.29, 0.717) is 0 Å². The molecule has 3 heteroatoms. The van der Waals surface area contributed by atoms with Gasteiger partial charge in [0, 0.05) is 11.0 Å². The van der Waals surface area contributed by atoms with E-state index in [1.54, 1.807) is 0 Å². The first kappa shape index (κ1) is 13.6. The summed E-state index contributed by atoms with van der Waals surface area (Å²) in [6.07, 6.45) is 0. The third kappa shape index (κ3) is 1.31. The first-order valence-electron chi connectivity index (χ1n) is 6.77. The molecule has 0 amide bonds. The average molecular weight is 249 g/mol. The molecule has 0 atom stereocenters. The Bertz CT molecular complexity index is 492. The molecule has 0 unspecified atom stereocenters. The molecule has 1 aliphatic rings. The van der Waals surface area contributed by atoms with Gasteiger partial charge in [0.25, 0.3) is 0 Å². The molecule has 0 radical (unpaired) electrons. The Balaban J connectivity index is 2.85. The van der Waals surface area contributed by atoms with Crippen LogP contribution in [0.3, 0.4) is 0 Å². The number of hydrogen-bond acceptors (Lipinski definition) is 2. The van der Waals surface area contributed by atoms with Gasteiger partial charge in [0.1, 0.15) is 5.66 Å². The zero-order chi connectivity index (χ0) is 14.1. The summed E-state index contributed by atoms with van der Waals surface area (Å²) in [5.41, 5.74) is 3.94. The smallest absolute Gasteiger partial charge is 0.109 e. The predicted octanol–water partition coefficient (Wildman–Crippen LogP) is 3.19. The molecule has 0 spiro atoms. The molecule has 1 aliphatic heterocycles. The van der Waals surface area contributed by atoms with Crippen molar-refractivity contribution in [1.82, 2.24) is 14.7 Å². The zero-order valence-corrected chi connectivity index (χ0v) is 13.3. The van der Waals surface area contributed by atoms with Gasteiger partial charge < -0.3 is 0 Å². The van der Waals surface area contributed by atoms with Crippen molar-refractivity contribution in [3.05, 3.63) is 17.0 Å². The largest absolute Gasteiger partial charge is 0.277 e. The van der Waals surface area contributed by atoms with Crippen LogP contribution < -0.4 is 0 Å². The van der Waals surface area contributed by atoms with Crippen LogP contribution in [0.4, 0.5) is 0 Å². The van der Waals surface area contributed by atoms with Crippen molar-refractivity contribution in [1.29, 1.82) is 0 Å². The fourth-order valence-electron chi connectivity index (χ4n) is 3.27. The molecule has 0 N–H and O–H groups in total. The van der Waals surface area contributed by atoms with E-state index in [1.165, 1.54) is 11.3 Å². The van der Waals surface area contributed by atoms with Crippen molar-refractivity contribution in [2.75, 3.05) is 7.05 Å². The van der Waals surface area contributed by atoms with E-state index in [0.717, 1.165) is 5.69 Å². The maximum Gasteiger partial charge on any atom is 0.109 e. The van der Waals surface area contributed by atoms with Crippen molar-refractivity contribution >= 4 is 0 Å². The number of likely N-dealkylation sites (N-methyl/N-ethyl adjacent to an activating group) is 1. The molecular weight excluding hydrogens is 222 g/mol. The number of aromatic nitrogens is 2. The molecule has 3 nitrogen and oxygen atoms in total. The Morgan fingerprint density at radius 2 is 1.44 bits per heavy atom. The molecule has 1 aromatic rings. The summed E-state index contributed by atoms with van der Waals surface area (Å²) in [5.74, 6) is 0. The van der Waals surface area contributed by atoms with Gasteiger partial charge in [-0.05, 0) is 54.2 Å². The highest BCUT2D eigenvalue weighted by Crippen LogP contribution is 2.48. The lowest BCUT2D eigenvalue weighted by molar-refractivity contribution is -0.0837. The molecule has 102 valence electrons. The van der Waals surface area contributed by atoms with Gasteiger partial charge in [-0.25, -0.2) is 4.68 Å². The van der Waals surface area contributed by atoms with Gasteiger partial charge in [-0.15, -0.1) is 0 Å². The van der Waals surface area contributed by atoms with E-state index in [4.69, 9.17) is 5.10 Å². The van der Waals surface area contributed by atoms with Gasteiger partial charge >= 0.3 is 0 Å². The van der Waals surface area contributed by atoms with Crippen LogP contribution in [0.5, 0.6) is 0 Å². The van der Waals surface area contributed by atoms with Gasteiger partial charge in [0.15, 0.2) is 0 Å². The monoisotopic (exact) mass is 249 g/mol. The molecule has 0 fully saturated rings. The Morgan fingerprint density at radius 1 is 0.944 bits per heavy atom. The molecule has 0 saturated heterocycles. The Labute approximate surface area is 111 Å². The number of rotatable bonds is 0. The number of fused-ring (bicyclic) bond motifs is 1. The maximum absolute atomic E-state index is 4.79. The molecule has 2 rings (SSSR count). The minimum atomic E-state index is -0.0899. The highest BCUT2D eigenvalue weighted by molar-refractivity contribution is 5.36. The summed E-state index contributed by atoms with van der Waals surface area (Å²) < 4.78 is 2.23. The minimum Gasteiger partial charge on any atom is -0.277 e. The fraction of sp³-hybridized carbons (Fsp3) is 0.800. The molecule has 1 aromatic heterocycles. The van der Waals surface area contributed by atoms with Crippen LogP contribution >= 0.6 is 0 Å². The molecule has 0 saturated carbocycles. The van der Waals surface area contributed by atoms with Crippen LogP contribution in [-0.2, 0) is 11.1 Å². The normalized spacial score (nSPS) is 24.9. The summed E-state index contributed by atoms with van der Waals surface area (Å²) in [5, 5.41) is 4.79. The highest BCUT2D eigenvalue weighted by atomic mass is 15.5. The van der Waals surface area contributed by atoms with Crippen LogP contribution in [0.1, 0.15) is 58.5 Å². The van der Waals surface area contributed by atoms with Crippen molar-refractivity contribution < 1.29 is 0 Å². The van der Waals surface area contributed by atoms with Crippen LogP contribution in [0.15, 0.2) is 0 Å². The van der Waals surface area contributed by atoms with Gasteiger partial charge in [-0.3, -0.25) is 4.90 Å². The number of nitrogens with zero attached hydrogens (tertiary/aromatic N) is 3. The maximum atomic E-state index is 4.79. The standard InChI is InChI=1S/C15H27N3/c1-10-11(2)16-18-12(10)13(3,4)14(5,6)17(9)15(18,7)8/h1-9H3. The highest BCUT2D eigenvalue weighted by Gasteiger charge is 2.54. The van der Waals surface area contributed by atoms with Gasteiger partial charge in [0.2, 0.25) is 0 Å². The van der Waals surface area contributed by atoms with Crippen molar-refractivity contribution in [2.24, 2.45) is 0 Å². The molecule has 0 aliphatic carbocycles. The van der Waals surface area contributed by atoms with E-state index in [2.05, 4.69) is 72.0 Å². The minimum absolute atomic E-state index is 0.0720. The van der Waals surface area contributed by atoms with E-state index in [9.17, 15) is 0 Å². The lowest BCUT2D eigenvalue weighted by Gasteiger charge is -2.59. The van der Waals surface area contributed by atoms with Crippen molar-refractivity contribution in [3.63, 3.8) is 0 Å². The quantitative estimate of drug-likeness (QED) is 0.704. The van der Waals surface area contributed by atoms with Crippen LogP contribution in [0, 0.1) is 13.8 Å². The van der Waals surface area contributed by atoms with E-state index >= 15 is 0 Å². The third-order valence-corrected chi connectivity index (χ3v) is 5.66. The first-order valence-corrected chi connectivity index (χ1v) is 6.77. The number of aryl methyl sites for hydroxylation is 1. The summed E-state index contributed by atoms with van der Waals surface area (Å²) in [6, 6.07) is 0. The Kier molecular flexibility index (Phi) is 2.56. The fourth-order valence-corrected chi connectivity index (χ4v) is 3.27. The zero-order valence-electron chi connectivity index (χ0n) is 13.3. The predicted molar refractivity (Wildman–Crippen MR) is 75.9 cm³/mol. The molecular formula is C15H27N3. The van der Waals surface area contributed by atoms with Gasteiger partial charge in [-0.1, -0.05) is 13.8 Å². The van der Waals surface area contributed by atoms with Crippen molar-refractivity contribution in [2.45, 2.75) is 72.0 Å². The van der Waals surface area contributed by atoms with Gasteiger partial charge in [-0.2, -0.15) is 5.10 Å². The molecule has 0 bridgehead atoms. The van der Waals surface area contributed by atoms with E-state index in [1.807, 2.05) is 0 Å². The molecule has 2 heterocycles. The van der Waals surface area contributed by atoms with Crippen LogP contribution in [0.25, 0.3) is 0 Å². The van der Waals surface area contributed by atoms with Crippen molar-refractivity contribution in [3.8, 4) is 0 Å². The van der Waals surface area contributed by atoms with E-state index in [-0.39, 0.29) is 16.6 Å². The molecule has 18 heavy (non-hydrogen) atoms. The Hall–Kier alpha value is -0.830. The third-order valence-electron chi connectivity index (χ3n) is 5.66. The second kappa shape index (κ2) is 3.38. The first-order chi connectivity index (χ1) is 7.95. The van der Waals surface area contributed by atoms with Gasteiger partial charge in [0.05, 0.1) is 11.4 Å². The lowest BCUT2D eigenvalue weighted by Crippen LogP contribution is -2.67. The average Bonchev–Trinajstić information content (AvgIpc) is 2.53. The summed E-state index contributed by atoms with van der Waals surface area (Å²) in [6.45, 7) is 18.1. The lowest BCUT2D eigenvalue weighted by atomic mass is 9.67. The number of hydrogen-bond donors (Lipinski definition) is 0. The Morgan fingerprint density at radius 3 is 1.94 bits per heavy atom. The van der Waals surface area contributed by atoms with Crippen LogP contribution in [0.2, 0.25) is 0 Å². The second-order valence-corrected chi connectivity index (χ2v) is 7.21. The summed E-state index contributed by atoms with van der Waals surface area (Å²) in [4.78, 5) is 2.44. The van der Waals surface area contributed by atoms with Crippen LogP contribution in [-0.4, -0.2) is 27.3 Å². The van der Waals surface area contributed by atoms with E-state index < -0.39 is 0 Å². The topological polar surface area (TPSA) is 21.1 Å². The summed E-state index contributed by atoms with van der Waals surface area (Å²) >= 11 is 0. The SMILES string of the molecule is Cc1nn2c(c1C)C(C)(C)C(C)(C)N(C)C2(C)C. The second-order valence-electron chi connectivity index (χ2n) is 7.21. The summed E-state index contributed by atoms with van der Waals surface area (Å²) in [7, 11) is 2.21.